The van der Waals surface area contributed by atoms with Crippen molar-refractivity contribution in [3.8, 4) is 11.5 Å². The maximum Gasteiger partial charge on any atom is 0.573 e. The first-order valence-corrected chi connectivity index (χ1v) is 15.6. The molecule has 0 fully saturated rings. The van der Waals surface area contributed by atoms with Gasteiger partial charge in [-0.2, -0.15) is 10.2 Å². The number of aromatic nitrogens is 4. The number of rotatable bonds is 11. The van der Waals surface area contributed by atoms with Crippen LogP contribution in [0.1, 0.15) is 22.5 Å². The number of ether oxygens (including phenoxy) is 3. The van der Waals surface area contributed by atoms with E-state index in [4.69, 9.17) is 32.7 Å². The highest BCUT2D eigenvalue weighted by atomic mass is 35.5. The largest absolute Gasteiger partial charge is 0.573 e. The van der Waals surface area contributed by atoms with Crippen molar-refractivity contribution in [2.75, 3.05) is 6.86 Å². The number of halogens is 8. The molecule has 0 radical (unpaired) electrons. The molecule has 51 heavy (non-hydrogen) atoms. The number of fused-ring (bicyclic) bond motifs is 2. The van der Waals surface area contributed by atoms with Crippen molar-refractivity contribution in [1.29, 1.82) is 0 Å². The molecule has 0 spiro atoms. The van der Waals surface area contributed by atoms with Crippen LogP contribution in [-0.4, -0.2) is 44.7 Å². The molecule has 0 aliphatic rings. The number of carbonyl (C=O) groups is 2. The standard InChI is InChI=1S/C34H22Cl2F6N4O5/c35-20-3-1-18(26(36)9-20)15-45-31-12-23(51-34(40,41)42)6-8-25(31)29(43-45)14-33(48)50-32(47)13-28-24-7-5-22(49-17-37)11-30(24)46(44-28)16-19-2-4-21(38)10-27(19)39/h1-12H,13-17H2. The van der Waals surface area contributed by atoms with Gasteiger partial charge in [-0.25, -0.2) is 13.2 Å². The van der Waals surface area contributed by atoms with Gasteiger partial charge in [0.2, 0.25) is 6.86 Å². The number of esters is 2. The minimum Gasteiger partial charge on any atom is -0.463 e. The summed E-state index contributed by atoms with van der Waals surface area (Å²) < 4.78 is 96.4. The van der Waals surface area contributed by atoms with Gasteiger partial charge < -0.3 is 14.2 Å². The highest BCUT2D eigenvalue weighted by molar-refractivity contribution is 6.35. The average Bonchev–Trinajstić information content (AvgIpc) is 3.55. The number of nitrogens with zero attached hydrogens (tertiary/aromatic N) is 4. The second-order valence-electron chi connectivity index (χ2n) is 11.0. The quantitative estimate of drug-likeness (QED) is 0.0750. The van der Waals surface area contributed by atoms with Gasteiger partial charge in [-0.1, -0.05) is 35.3 Å². The Morgan fingerprint density at radius 2 is 1.29 bits per heavy atom. The molecule has 0 N–H and O–H groups in total. The SMILES string of the molecule is O=C(Cc1nn(Cc2ccc(F)cc2F)c2cc(OCF)ccc12)OC(=O)Cc1nn(Cc2ccc(Cl)cc2Cl)c2cc(OC(F)(F)F)ccc12. The number of hydrogen-bond donors (Lipinski definition) is 0. The Morgan fingerprint density at radius 3 is 1.86 bits per heavy atom. The van der Waals surface area contributed by atoms with Crippen molar-refractivity contribution >= 4 is 56.9 Å². The lowest BCUT2D eigenvalue weighted by Gasteiger charge is -2.10. The molecule has 0 amide bonds. The van der Waals surface area contributed by atoms with Crippen LogP contribution in [0.3, 0.4) is 0 Å². The molecule has 6 aromatic rings. The Hall–Kier alpha value is -5.28. The van der Waals surface area contributed by atoms with Crippen LogP contribution in [0.2, 0.25) is 10.0 Å². The third-order valence-electron chi connectivity index (χ3n) is 7.58. The molecule has 17 heteroatoms. The molecular weight excluding hydrogens is 729 g/mol. The van der Waals surface area contributed by atoms with Crippen LogP contribution in [0.25, 0.3) is 21.8 Å². The number of hydrogen-bond acceptors (Lipinski definition) is 7. The van der Waals surface area contributed by atoms with E-state index in [-0.39, 0.29) is 51.7 Å². The minimum atomic E-state index is -4.96. The van der Waals surface area contributed by atoms with Crippen LogP contribution in [0, 0.1) is 11.6 Å². The predicted molar refractivity (Wildman–Crippen MR) is 172 cm³/mol. The fraction of sp³-hybridized carbons (Fsp3) is 0.176. The molecule has 0 atom stereocenters. The average molecular weight is 751 g/mol. The highest BCUT2D eigenvalue weighted by Gasteiger charge is 2.31. The highest BCUT2D eigenvalue weighted by Crippen LogP contribution is 2.31. The maximum atomic E-state index is 14.5. The number of carbonyl (C=O) groups excluding carboxylic acids is 2. The Labute approximate surface area is 293 Å². The molecule has 4 aromatic carbocycles. The number of alkyl halides is 4. The summed E-state index contributed by atoms with van der Waals surface area (Å²) in [4.78, 5) is 26.0. The molecule has 2 aromatic heterocycles. The fourth-order valence-corrected chi connectivity index (χ4v) is 5.86. The van der Waals surface area contributed by atoms with Crippen molar-refractivity contribution in [1.82, 2.24) is 19.6 Å². The van der Waals surface area contributed by atoms with Gasteiger partial charge in [0.05, 0.1) is 48.4 Å². The van der Waals surface area contributed by atoms with E-state index in [1.807, 2.05) is 0 Å². The van der Waals surface area contributed by atoms with Gasteiger partial charge in [-0.15, -0.1) is 13.2 Å². The molecule has 0 bridgehead atoms. The van der Waals surface area contributed by atoms with Crippen LogP contribution >= 0.6 is 23.2 Å². The van der Waals surface area contributed by atoms with Gasteiger partial charge in [0.15, 0.2) is 0 Å². The summed E-state index contributed by atoms with van der Waals surface area (Å²) in [6.45, 7) is -1.34. The Balaban J connectivity index is 1.24. The van der Waals surface area contributed by atoms with E-state index in [1.54, 1.807) is 12.1 Å². The zero-order valence-corrected chi connectivity index (χ0v) is 27.3. The van der Waals surface area contributed by atoms with Crippen molar-refractivity contribution in [2.24, 2.45) is 0 Å². The maximum absolute atomic E-state index is 14.5. The van der Waals surface area contributed by atoms with Crippen LogP contribution in [-0.2, 0) is 40.3 Å². The van der Waals surface area contributed by atoms with Gasteiger partial charge >= 0.3 is 18.3 Å². The van der Waals surface area contributed by atoms with Crippen molar-refractivity contribution in [3.63, 3.8) is 0 Å². The van der Waals surface area contributed by atoms with Gasteiger partial charge in [-0.3, -0.25) is 19.0 Å². The minimum absolute atomic E-state index is 0.0222. The first-order chi connectivity index (χ1) is 24.3. The second kappa shape index (κ2) is 14.5. The lowest BCUT2D eigenvalue weighted by Crippen LogP contribution is -2.17. The van der Waals surface area contributed by atoms with E-state index in [9.17, 15) is 35.9 Å². The lowest BCUT2D eigenvalue weighted by atomic mass is 10.1. The van der Waals surface area contributed by atoms with E-state index >= 15 is 0 Å². The summed E-state index contributed by atoms with van der Waals surface area (Å²) in [7, 11) is 0. The summed E-state index contributed by atoms with van der Waals surface area (Å²) in [5.74, 6) is -4.06. The monoisotopic (exact) mass is 750 g/mol. The predicted octanol–water partition coefficient (Wildman–Crippen LogP) is 8.13. The second-order valence-corrected chi connectivity index (χ2v) is 11.9. The molecule has 0 saturated carbocycles. The number of benzene rings is 4. The Bertz CT molecular complexity index is 2290. The van der Waals surface area contributed by atoms with Crippen molar-refractivity contribution in [2.45, 2.75) is 32.3 Å². The first kappa shape index (κ1) is 35.5. The summed E-state index contributed by atoms with van der Waals surface area (Å²) in [6.07, 6.45) is -6.04. The summed E-state index contributed by atoms with van der Waals surface area (Å²) in [6, 6.07) is 15.5. The van der Waals surface area contributed by atoms with E-state index in [1.165, 1.54) is 45.8 Å². The van der Waals surface area contributed by atoms with Gasteiger partial charge in [0.1, 0.15) is 23.1 Å². The van der Waals surface area contributed by atoms with E-state index < -0.39 is 55.4 Å². The van der Waals surface area contributed by atoms with Crippen molar-refractivity contribution in [3.05, 3.63) is 117 Å². The summed E-state index contributed by atoms with van der Waals surface area (Å²) in [5.41, 5.74) is 1.30. The van der Waals surface area contributed by atoms with E-state index in [0.717, 1.165) is 18.2 Å². The zero-order valence-electron chi connectivity index (χ0n) is 25.8. The van der Waals surface area contributed by atoms with Crippen LogP contribution in [0.15, 0.2) is 72.8 Å². The molecule has 0 unspecified atom stereocenters. The van der Waals surface area contributed by atoms with Crippen molar-refractivity contribution < 1.29 is 50.1 Å². The van der Waals surface area contributed by atoms with Gasteiger partial charge in [-0.05, 0) is 48.0 Å². The van der Waals surface area contributed by atoms with Gasteiger partial charge in [0, 0.05) is 44.6 Å². The van der Waals surface area contributed by atoms with Gasteiger partial charge in [0.25, 0.3) is 0 Å². The molecule has 6 rings (SSSR count). The smallest absolute Gasteiger partial charge is 0.463 e. The Morgan fingerprint density at radius 1 is 0.725 bits per heavy atom. The molecular formula is C34H22Cl2F6N4O5. The fourth-order valence-electron chi connectivity index (χ4n) is 5.39. The molecule has 0 aliphatic carbocycles. The topological polar surface area (TPSA) is 97.5 Å². The molecule has 2 heterocycles. The van der Waals surface area contributed by atoms with E-state index in [2.05, 4.69) is 14.9 Å². The third kappa shape index (κ3) is 8.37. The van der Waals surface area contributed by atoms with Crippen LogP contribution in [0.5, 0.6) is 11.5 Å². The summed E-state index contributed by atoms with van der Waals surface area (Å²) >= 11 is 12.3. The molecule has 9 nitrogen and oxygen atoms in total. The third-order valence-corrected chi connectivity index (χ3v) is 8.16. The zero-order chi connectivity index (χ0) is 36.4. The van der Waals surface area contributed by atoms with Crippen LogP contribution in [0.4, 0.5) is 26.3 Å². The van der Waals surface area contributed by atoms with Crippen LogP contribution < -0.4 is 9.47 Å². The molecule has 264 valence electrons. The van der Waals surface area contributed by atoms with E-state index in [0.29, 0.717) is 27.6 Å². The summed E-state index contributed by atoms with van der Waals surface area (Å²) in [5, 5.41) is 10.1. The normalized spacial score (nSPS) is 11.7. The lowest BCUT2D eigenvalue weighted by molar-refractivity contribution is -0.274. The molecule has 0 aliphatic heterocycles. The Kier molecular flexibility index (Phi) is 10.1. The molecule has 0 saturated heterocycles. The first-order valence-electron chi connectivity index (χ1n) is 14.8.